The third-order valence-electron chi connectivity index (χ3n) is 5.81. The summed E-state index contributed by atoms with van der Waals surface area (Å²) in [6.45, 7) is 1.09. The van der Waals surface area contributed by atoms with Crippen molar-refractivity contribution in [1.29, 1.82) is 0 Å². The Bertz CT molecular complexity index is 427. The predicted octanol–water partition coefficient (Wildman–Crippen LogP) is 2.52. The number of hydrogen-bond donors (Lipinski definition) is 1. The first-order valence-corrected chi connectivity index (χ1v) is 7.94. The van der Waals surface area contributed by atoms with Gasteiger partial charge in [-0.3, -0.25) is 0 Å². The topological polar surface area (TPSA) is 29.9 Å². The summed E-state index contributed by atoms with van der Waals surface area (Å²) in [7, 11) is 2.09. The molecule has 0 radical (unpaired) electrons. The molecule has 0 aromatic carbocycles. The van der Waals surface area contributed by atoms with Crippen molar-refractivity contribution in [3.63, 3.8) is 0 Å². The van der Waals surface area contributed by atoms with Crippen molar-refractivity contribution in [2.24, 2.45) is 24.8 Å². The second kappa shape index (κ2) is 4.34. The fourth-order valence-corrected chi connectivity index (χ4v) is 5.40. The largest absolute Gasteiger partial charge is 0.338 e. The number of nitrogens with one attached hydrogen (secondary N) is 1. The van der Waals surface area contributed by atoms with Crippen molar-refractivity contribution in [1.82, 2.24) is 14.9 Å². The highest BCUT2D eigenvalue weighted by molar-refractivity contribution is 5.06. The van der Waals surface area contributed by atoms with Crippen LogP contribution in [-0.2, 0) is 13.5 Å². The lowest BCUT2D eigenvalue weighted by Gasteiger charge is -2.57. The van der Waals surface area contributed by atoms with E-state index in [0.29, 0.717) is 5.54 Å². The molecule has 1 aromatic rings. The molecule has 4 saturated carbocycles. The number of aryl methyl sites for hydroxylation is 1. The van der Waals surface area contributed by atoms with Crippen LogP contribution in [0.5, 0.6) is 0 Å². The molecular weight excluding hydrogens is 234 g/mol. The van der Waals surface area contributed by atoms with E-state index in [9.17, 15) is 0 Å². The van der Waals surface area contributed by atoms with Gasteiger partial charge in [-0.1, -0.05) is 0 Å². The number of rotatable bonds is 4. The van der Waals surface area contributed by atoms with Gasteiger partial charge in [-0.25, -0.2) is 4.98 Å². The van der Waals surface area contributed by atoms with Crippen LogP contribution in [0.1, 0.15) is 44.3 Å². The second-order valence-electron chi connectivity index (χ2n) is 7.33. The third-order valence-corrected chi connectivity index (χ3v) is 5.81. The third kappa shape index (κ3) is 2.12. The van der Waals surface area contributed by atoms with Gasteiger partial charge in [0.1, 0.15) is 5.82 Å². The quantitative estimate of drug-likeness (QED) is 0.900. The van der Waals surface area contributed by atoms with E-state index in [4.69, 9.17) is 0 Å². The summed E-state index contributed by atoms with van der Waals surface area (Å²) in [4.78, 5) is 4.42. The van der Waals surface area contributed by atoms with Crippen LogP contribution < -0.4 is 5.32 Å². The summed E-state index contributed by atoms with van der Waals surface area (Å²) in [5.74, 6) is 4.31. The standard InChI is InChI=1S/C16H25N3/c1-19-5-4-17-15(19)2-3-18-16-9-12-6-13(10-16)8-14(7-12)11-16/h4-5,12-14,18H,2-3,6-11H2,1H3. The molecule has 0 amide bonds. The molecule has 0 aliphatic heterocycles. The Hall–Kier alpha value is -0.830. The maximum absolute atomic E-state index is 4.42. The Balaban J connectivity index is 1.39. The van der Waals surface area contributed by atoms with Gasteiger partial charge in [0.05, 0.1) is 0 Å². The SMILES string of the molecule is Cn1ccnc1CCNC12CC3CC(CC(C3)C1)C2. The normalized spacial score (nSPS) is 39.9. The number of nitrogens with zero attached hydrogens (tertiary/aromatic N) is 2. The van der Waals surface area contributed by atoms with E-state index in [1.807, 2.05) is 12.4 Å². The zero-order chi connectivity index (χ0) is 12.9. The molecule has 4 bridgehead atoms. The van der Waals surface area contributed by atoms with E-state index in [1.54, 1.807) is 0 Å². The highest BCUT2D eigenvalue weighted by Crippen LogP contribution is 2.55. The fourth-order valence-electron chi connectivity index (χ4n) is 5.40. The first-order valence-electron chi connectivity index (χ1n) is 7.94. The van der Waals surface area contributed by atoms with Crippen LogP contribution in [0.3, 0.4) is 0 Å². The lowest BCUT2D eigenvalue weighted by molar-refractivity contribution is -0.0193. The average Bonchev–Trinajstić information content (AvgIpc) is 2.73. The first-order chi connectivity index (χ1) is 9.22. The maximum Gasteiger partial charge on any atom is 0.109 e. The van der Waals surface area contributed by atoms with Gasteiger partial charge in [0.25, 0.3) is 0 Å². The molecule has 5 rings (SSSR count). The van der Waals surface area contributed by atoms with E-state index >= 15 is 0 Å². The molecule has 4 fully saturated rings. The van der Waals surface area contributed by atoms with Gasteiger partial charge < -0.3 is 9.88 Å². The van der Waals surface area contributed by atoms with Gasteiger partial charge in [-0.05, 0) is 56.3 Å². The van der Waals surface area contributed by atoms with Crippen LogP contribution in [-0.4, -0.2) is 21.6 Å². The lowest BCUT2D eigenvalue weighted by atomic mass is 9.53. The van der Waals surface area contributed by atoms with Gasteiger partial charge >= 0.3 is 0 Å². The van der Waals surface area contributed by atoms with Gasteiger partial charge in [-0.15, -0.1) is 0 Å². The van der Waals surface area contributed by atoms with E-state index < -0.39 is 0 Å². The van der Waals surface area contributed by atoms with Crippen molar-refractivity contribution in [2.75, 3.05) is 6.54 Å². The molecule has 0 unspecified atom stereocenters. The van der Waals surface area contributed by atoms with E-state index in [1.165, 1.54) is 44.3 Å². The monoisotopic (exact) mass is 259 g/mol. The smallest absolute Gasteiger partial charge is 0.109 e. The molecule has 104 valence electrons. The fraction of sp³-hybridized carbons (Fsp3) is 0.812. The summed E-state index contributed by atoms with van der Waals surface area (Å²) < 4.78 is 2.14. The molecule has 0 spiro atoms. The molecule has 0 saturated heterocycles. The van der Waals surface area contributed by atoms with Gasteiger partial charge in [0, 0.05) is 37.9 Å². The van der Waals surface area contributed by atoms with Crippen molar-refractivity contribution in [2.45, 2.75) is 50.5 Å². The molecule has 0 atom stereocenters. The molecule has 1 heterocycles. The lowest BCUT2D eigenvalue weighted by Crippen LogP contribution is -2.58. The first kappa shape index (κ1) is 12.0. The van der Waals surface area contributed by atoms with Crippen LogP contribution >= 0.6 is 0 Å². The average molecular weight is 259 g/mol. The van der Waals surface area contributed by atoms with Crippen LogP contribution in [0.15, 0.2) is 12.4 Å². The number of imidazole rings is 1. The summed E-state index contributed by atoms with van der Waals surface area (Å²) >= 11 is 0. The Morgan fingerprint density at radius 3 is 2.37 bits per heavy atom. The molecule has 4 aliphatic rings. The molecule has 3 nitrogen and oxygen atoms in total. The maximum atomic E-state index is 4.42. The zero-order valence-corrected chi connectivity index (χ0v) is 11.9. The molecule has 1 aromatic heterocycles. The van der Waals surface area contributed by atoms with Gasteiger partial charge in [0.15, 0.2) is 0 Å². The van der Waals surface area contributed by atoms with Crippen LogP contribution in [0.25, 0.3) is 0 Å². The summed E-state index contributed by atoms with van der Waals surface area (Å²) in [5.41, 5.74) is 0.500. The highest BCUT2D eigenvalue weighted by Gasteiger charge is 2.50. The van der Waals surface area contributed by atoms with Crippen molar-refractivity contribution < 1.29 is 0 Å². The predicted molar refractivity (Wildman–Crippen MR) is 75.8 cm³/mol. The summed E-state index contributed by atoms with van der Waals surface area (Å²) in [6, 6.07) is 0. The zero-order valence-electron chi connectivity index (χ0n) is 11.9. The van der Waals surface area contributed by atoms with Gasteiger partial charge in [-0.2, -0.15) is 0 Å². The Morgan fingerprint density at radius 2 is 1.84 bits per heavy atom. The van der Waals surface area contributed by atoms with Crippen LogP contribution in [0.4, 0.5) is 0 Å². The summed E-state index contributed by atoms with van der Waals surface area (Å²) in [6.07, 6.45) is 13.9. The van der Waals surface area contributed by atoms with Crippen molar-refractivity contribution >= 4 is 0 Å². The molecular formula is C16H25N3. The molecule has 1 N–H and O–H groups in total. The minimum absolute atomic E-state index is 0.500. The number of hydrogen-bond acceptors (Lipinski definition) is 2. The van der Waals surface area contributed by atoms with E-state index in [-0.39, 0.29) is 0 Å². The summed E-state index contributed by atoms with van der Waals surface area (Å²) in [5, 5.41) is 3.94. The van der Waals surface area contributed by atoms with Crippen LogP contribution in [0.2, 0.25) is 0 Å². The van der Waals surface area contributed by atoms with Crippen LogP contribution in [0, 0.1) is 17.8 Å². The van der Waals surface area contributed by atoms with Gasteiger partial charge in [0.2, 0.25) is 0 Å². The molecule has 4 aliphatic carbocycles. The van der Waals surface area contributed by atoms with E-state index in [0.717, 1.165) is 30.7 Å². The Labute approximate surface area is 115 Å². The second-order valence-corrected chi connectivity index (χ2v) is 7.33. The molecule has 19 heavy (non-hydrogen) atoms. The van der Waals surface area contributed by atoms with Crippen molar-refractivity contribution in [3.8, 4) is 0 Å². The van der Waals surface area contributed by atoms with E-state index in [2.05, 4.69) is 21.9 Å². The minimum Gasteiger partial charge on any atom is -0.338 e. The number of aromatic nitrogens is 2. The minimum atomic E-state index is 0.500. The van der Waals surface area contributed by atoms with Crippen molar-refractivity contribution in [3.05, 3.63) is 18.2 Å². The highest BCUT2D eigenvalue weighted by atomic mass is 15.0. The Kier molecular flexibility index (Phi) is 2.73. The molecule has 3 heteroatoms. The Morgan fingerprint density at radius 1 is 1.21 bits per heavy atom.